The second-order valence-corrected chi connectivity index (χ2v) is 1.81. The Morgan fingerprint density at radius 3 is 1.57 bits per heavy atom. The largest absolute Gasteiger partial charge is 0.329 e. The van der Waals surface area contributed by atoms with Crippen LogP contribution < -0.4 is 0 Å². The highest BCUT2D eigenvalue weighted by molar-refractivity contribution is 7.40. The number of rotatable bonds is 2. The first-order valence-electron chi connectivity index (χ1n) is 1.38. The van der Waals surface area contributed by atoms with Gasteiger partial charge in [-0.3, -0.25) is 0 Å². The van der Waals surface area contributed by atoms with Gasteiger partial charge in [-0.25, -0.2) is 0 Å². The first-order chi connectivity index (χ1) is 2.81. The summed E-state index contributed by atoms with van der Waals surface area (Å²) in [6.45, 7) is 0. The third kappa shape index (κ3) is 6.37. The van der Waals surface area contributed by atoms with Gasteiger partial charge in [-0.1, -0.05) is 0 Å². The molecule has 0 rings (SSSR count). The van der Waals surface area contributed by atoms with Gasteiger partial charge in [0.1, 0.15) is 0 Å². The molecule has 7 heavy (non-hydrogen) atoms. The van der Waals surface area contributed by atoms with Crippen LogP contribution in [0, 0.1) is 0 Å². The molecule has 0 aliphatic heterocycles. The molecule has 0 saturated carbocycles. The van der Waals surface area contributed by atoms with E-state index in [1.807, 2.05) is 0 Å². The maximum absolute atomic E-state index is 8.29. The summed E-state index contributed by atoms with van der Waals surface area (Å²) in [6.07, 6.45) is 0. The van der Waals surface area contributed by atoms with E-state index < -0.39 is 8.60 Å². The van der Waals surface area contributed by atoms with Crippen LogP contribution in [-0.2, 0) is 9.05 Å². The highest BCUT2D eigenvalue weighted by atomic mass is 31.2. The summed E-state index contributed by atoms with van der Waals surface area (Å²) >= 11 is 0. The molecule has 0 unspecified atom stereocenters. The summed E-state index contributed by atoms with van der Waals surface area (Å²) in [5.74, 6) is 0. The monoisotopic (exact) mass is 124 g/mol. The zero-order valence-electron chi connectivity index (χ0n) is 3.71. The van der Waals surface area contributed by atoms with Crippen molar-refractivity contribution in [2.75, 3.05) is 14.2 Å². The average molecular weight is 124 g/mol. The van der Waals surface area contributed by atoms with Crippen molar-refractivity contribution in [3.8, 4) is 0 Å². The van der Waals surface area contributed by atoms with E-state index in [1.165, 1.54) is 14.2 Å². The molecule has 3 nitrogen and oxygen atoms in total. The van der Waals surface area contributed by atoms with E-state index in [1.54, 1.807) is 0 Å². The highest BCUT2D eigenvalue weighted by Gasteiger charge is 1.94. The number of hydrogen-bond acceptors (Lipinski definition) is 3. The predicted octanol–water partition coefficient (Wildman–Crippen LogP) is -0.686. The van der Waals surface area contributed by atoms with Crippen LogP contribution in [0.25, 0.3) is 0 Å². The van der Waals surface area contributed by atoms with Crippen molar-refractivity contribution in [2.45, 2.75) is 0 Å². The fourth-order valence-electron chi connectivity index (χ4n) is 0.0745. The highest BCUT2D eigenvalue weighted by Crippen LogP contribution is 2.28. The summed E-state index contributed by atoms with van der Waals surface area (Å²) in [5, 5.41) is 0. The van der Waals surface area contributed by atoms with Crippen molar-refractivity contribution >= 4 is 17.0 Å². The first-order valence-corrected chi connectivity index (χ1v) is 2.51. The zero-order chi connectivity index (χ0) is 4.99. The van der Waals surface area contributed by atoms with Crippen LogP contribution in [0.5, 0.6) is 0 Å². The SMILES string of the molecule is B.COP(O)OC. The van der Waals surface area contributed by atoms with Gasteiger partial charge in [-0.05, 0) is 0 Å². The molecular weight excluding hydrogens is 114 g/mol. The molecule has 44 valence electrons. The van der Waals surface area contributed by atoms with Gasteiger partial charge in [-0.15, -0.1) is 0 Å². The molecule has 0 atom stereocenters. The van der Waals surface area contributed by atoms with Crippen molar-refractivity contribution in [1.82, 2.24) is 0 Å². The van der Waals surface area contributed by atoms with E-state index in [-0.39, 0.29) is 8.41 Å². The molecule has 0 saturated heterocycles. The van der Waals surface area contributed by atoms with Crippen LogP contribution in [-0.4, -0.2) is 27.5 Å². The molecule has 0 aliphatic rings. The van der Waals surface area contributed by atoms with E-state index >= 15 is 0 Å². The molecule has 1 N–H and O–H groups in total. The van der Waals surface area contributed by atoms with Crippen LogP contribution in [0.15, 0.2) is 0 Å². The fourth-order valence-corrected chi connectivity index (χ4v) is 0.224. The van der Waals surface area contributed by atoms with E-state index in [4.69, 9.17) is 4.89 Å². The summed E-state index contributed by atoms with van der Waals surface area (Å²) in [6, 6.07) is 0. The minimum absolute atomic E-state index is 0. The van der Waals surface area contributed by atoms with Crippen LogP contribution in [0.2, 0.25) is 0 Å². The Balaban J connectivity index is 0. The van der Waals surface area contributed by atoms with Gasteiger partial charge < -0.3 is 13.9 Å². The van der Waals surface area contributed by atoms with Crippen molar-refractivity contribution in [1.29, 1.82) is 0 Å². The fraction of sp³-hybridized carbons (Fsp3) is 1.00. The van der Waals surface area contributed by atoms with Crippen LogP contribution >= 0.6 is 8.60 Å². The topological polar surface area (TPSA) is 38.7 Å². The van der Waals surface area contributed by atoms with Gasteiger partial charge in [0.2, 0.25) is 0 Å². The molecule has 5 heteroatoms. The van der Waals surface area contributed by atoms with E-state index in [0.29, 0.717) is 0 Å². The first kappa shape index (κ1) is 10.4. The average Bonchev–Trinajstić information content (AvgIpc) is 1.65. The van der Waals surface area contributed by atoms with E-state index in [9.17, 15) is 0 Å². The molecule has 0 aromatic carbocycles. The molecule has 0 bridgehead atoms. The standard InChI is InChI=1S/C2H7O3P.BH3/c1-4-6(3)5-2;/h3H,1-2H3;1H3. The van der Waals surface area contributed by atoms with Crippen LogP contribution in [0.4, 0.5) is 0 Å². The lowest BCUT2D eigenvalue weighted by Crippen LogP contribution is -1.75. The smallest absolute Gasteiger partial charge is 0.328 e. The number of hydrogen-bond donors (Lipinski definition) is 1. The molecule has 0 spiro atoms. The minimum Gasteiger partial charge on any atom is -0.328 e. The normalized spacial score (nSPS) is 8.57. The Labute approximate surface area is 46.2 Å². The third-order valence-electron chi connectivity index (χ3n) is 0.312. The van der Waals surface area contributed by atoms with E-state index in [0.717, 1.165) is 0 Å². The van der Waals surface area contributed by atoms with Gasteiger partial charge >= 0.3 is 8.60 Å². The van der Waals surface area contributed by atoms with Crippen molar-refractivity contribution in [2.24, 2.45) is 0 Å². The quantitative estimate of drug-likeness (QED) is 0.391. The van der Waals surface area contributed by atoms with Gasteiger partial charge in [0.25, 0.3) is 0 Å². The third-order valence-corrected chi connectivity index (χ3v) is 0.937. The molecule has 0 aromatic rings. The van der Waals surface area contributed by atoms with Crippen LogP contribution in [0.3, 0.4) is 0 Å². The summed E-state index contributed by atoms with van der Waals surface area (Å²) in [7, 11) is 1.19. The van der Waals surface area contributed by atoms with Crippen molar-refractivity contribution < 1.29 is 13.9 Å². The lowest BCUT2D eigenvalue weighted by molar-refractivity contribution is 0.271. The van der Waals surface area contributed by atoms with E-state index in [2.05, 4.69) is 9.05 Å². The van der Waals surface area contributed by atoms with Crippen molar-refractivity contribution in [3.63, 3.8) is 0 Å². The molecule has 0 aromatic heterocycles. The molecule has 0 fully saturated rings. The van der Waals surface area contributed by atoms with Gasteiger partial charge in [0.05, 0.1) is 8.41 Å². The summed E-state index contributed by atoms with van der Waals surface area (Å²) < 4.78 is 8.59. The zero-order valence-corrected chi connectivity index (χ0v) is 4.61. The summed E-state index contributed by atoms with van der Waals surface area (Å²) in [5.41, 5.74) is 0. The summed E-state index contributed by atoms with van der Waals surface area (Å²) in [4.78, 5) is 8.29. The maximum atomic E-state index is 8.29. The van der Waals surface area contributed by atoms with Crippen LogP contribution in [0.1, 0.15) is 0 Å². The Morgan fingerprint density at radius 2 is 1.57 bits per heavy atom. The molecule has 0 heterocycles. The lowest BCUT2D eigenvalue weighted by Gasteiger charge is -1.98. The van der Waals surface area contributed by atoms with Gasteiger partial charge in [0, 0.05) is 14.2 Å². The Morgan fingerprint density at radius 1 is 1.29 bits per heavy atom. The Hall–Kier alpha value is 0.375. The molecule has 0 aliphatic carbocycles. The van der Waals surface area contributed by atoms with Gasteiger partial charge in [0.15, 0.2) is 0 Å². The Kier molecular flexibility index (Phi) is 9.45. The Bertz CT molecular complexity index is 32.1. The molecule has 0 radical (unpaired) electrons. The molecule has 0 amide bonds. The maximum Gasteiger partial charge on any atom is 0.329 e. The second kappa shape index (κ2) is 6.37. The second-order valence-electron chi connectivity index (χ2n) is 0.603. The molecular formula is C2H10BO3P. The van der Waals surface area contributed by atoms with Crippen molar-refractivity contribution in [3.05, 3.63) is 0 Å². The minimum atomic E-state index is -1.58. The van der Waals surface area contributed by atoms with Gasteiger partial charge in [-0.2, -0.15) is 0 Å². The lowest BCUT2D eigenvalue weighted by atomic mass is 10.8. The predicted molar refractivity (Wildman–Crippen MR) is 33.1 cm³/mol.